The molecule has 2 aliphatic heterocycles. The lowest BCUT2D eigenvalue weighted by Crippen LogP contribution is -3.15. The monoisotopic (exact) mass is 280 g/mol. The van der Waals surface area contributed by atoms with E-state index < -0.39 is 0 Å². The Morgan fingerprint density at radius 1 is 1.30 bits per heavy atom. The topological polar surface area (TPSA) is 58.9 Å². The van der Waals surface area contributed by atoms with Crippen molar-refractivity contribution in [2.75, 3.05) is 45.4 Å². The quantitative estimate of drug-likeness (QED) is 0.623. The Bertz CT molecular complexity index is 464. The predicted octanol–water partition coefficient (Wildman–Crippen LogP) is -1.62. The van der Waals surface area contributed by atoms with Crippen LogP contribution < -0.4 is 15.1 Å². The molecule has 2 unspecified atom stereocenters. The van der Waals surface area contributed by atoms with E-state index in [4.69, 9.17) is 4.74 Å². The van der Waals surface area contributed by atoms with E-state index in [-0.39, 0.29) is 11.5 Å². The van der Waals surface area contributed by atoms with Gasteiger partial charge < -0.3 is 20.2 Å². The fourth-order valence-electron chi connectivity index (χ4n) is 2.85. The van der Waals surface area contributed by atoms with E-state index in [2.05, 4.69) is 24.5 Å². The maximum Gasteiger partial charge on any atom is 0.211 e. The molecule has 0 radical (unpaired) electrons. The van der Waals surface area contributed by atoms with Gasteiger partial charge in [0.2, 0.25) is 6.29 Å². The number of hydrogen-bond acceptors (Lipinski definition) is 4. The summed E-state index contributed by atoms with van der Waals surface area (Å²) in [6.07, 6.45) is 0.0599. The zero-order valence-electron chi connectivity index (χ0n) is 11.9. The standard InChI is InChI=1S/C13H21N5O2/c1-15(2)13(16-7-9-20-10-8-16)17-11-5-3-4-6-12(11)18(19)14-17/h3-6,13,18-19H,7-10H2,1-2H3/p+1. The average Bonchev–Trinajstić information content (AvgIpc) is 2.78. The van der Waals surface area contributed by atoms with Crippen molar-refractivity contribution >= 4 is 11.4 Å². The van der Waals surface area contributed by atoms with Crippen LogP contribution in [0.25, 0.3) is 5.53 Å². The molecule has 1 fully saturated rings. The molecule has 2 heterocycles. The molecule has 110 valence electrons. The Hall–Kier alpha value is -1.22. The van der Waals surface area contributed by atoms with E-state index in [0.29, 0.717) is 0 Å². The minimum Gasteiger partial charge on any atom is -0.379 e. The Morgan fingerprint density at radius 3 is 2.70 bits per heavy atom. The van der Waals surface area contributed by atoms with Crippen LogP contribution in [-0.4, -0.2) is 56.8 Å². The van der Waals surface area contributed by atoms with Crippen LogP contribution in [0.5, 0.6) is 0 Å². The number of benzene rings is 1. The van der Waals surface area contributed by atoms with Gasteiger partial charge in [-0.1, -0.05) is 12.1 Å². The zero-order chi connectivity index (χ0) is 14.1. The number of nitrogens with zero attached hydrogens (tertiary/aromatic N) is 3. The molecular formula is C13H22N5O2+. The van der Waals surface area contributed by atoms with Crippen molar-refractivity contribution in [2.24, 2.45) is 0 Å². The molecule has 0 spiro atoms. The van der Waals surface area contributed by atoms with E-state index >= 15 is 0 Å². The summed E-state index contributed by atoms with van der Waals surface area (Å²) >= 11 is 0. The van der Waals surface area contributed by atoms with Gasteiger partial charge in [-0.2, -0.15) is 0 Å². The number of quaternary nitrogens is 2. The highest BCUT2D eigenvalue weighted by atomic mass is 16.6. The summed E-state index contributed by atoms with van der Waals surface area (Å²) in [6, 6.07) is 7.79. The molecule has 3 N–H and O–H groups in total. The lowest BCUT2D eigenvalue weighted by Gasteiger charge is -2.44. The van der Waals surface area contributed by atoms with Crippen molar-refractivity contribution in [3.8, 4) is 0 Å². The first-order chi connectivity index (χ1) is 9.68. The van der Waals surface area contributed by atoms with E-state index in [1.165, 1.54) is 4.90 Å². The van der Waals surface area contributed by atoms with Gasteiger partial charge in [0, 0.05) is 19.2 Å². The highest BCUT2D eigenvalue weighted by Gasteiger charge is 2.34. The number of hydrogen-bond donors (Lipinski definition) is 3. The van der Waals surface area contributed by atoms with Gasteiger partial charge in [0.15, 0.2) is 5.69 Å². The molecule has 0 aromatic heterocycles. The molecule has 0 bridgehead atoms. The zero-order valence-corrected chi connectivity index (χ0v) is 11.9. The van der Waals surface area contributed by atoms with E-state index in [1.807, 2.05) is 29.3 Å². The molecule has 0 saturated carbocycles. The highest BCUT2D eigenvalue weighted by Crippen LogP contribution is 2.30. The Kier molecular flexibility index (Phi) is 3.88. The summed E-state index contributed by atoms with van der Waals surface area (Å²) in [5.41, 5.74) is 6.11. The molecule has 2 atom stereocenters. The normalized spacial score (nSPS) is 25.0. The van der Waals surface area contributed by atoms with Crippen molar-refractivity contribution in [1.29, 1.82) is 0 Å². The number of fused-ring (bicyclic) bond motifs is 1. The van der Waals surface area contributed by atoms with Crippen LogP contribution in [0, 0.1) is 0 Å². The van der Waals surface area contributed by atoms with E-state index in [9.17, 15) is 5.21 Å². The predicted molar refractivity (Wildman–Crippen MR) is 73.7 cm³/mol. The highest BCUT2D eigenvalue weighted by molar-refractivity contribution is 5.66. The van der Waals surface area contributed by atoms with Gasteiger partial charge >= 0.3 is 0 Å². The number of morpholine rings is 1. The molecule has 7 nitrogen and oxygen atoms in total. The Balaban J connectivity index is 1.89. The van der Waals surface area contributed by atoms with Crippen LogP contribution >= 0.6 is 0 Å². The summed E-state index contributed by atoms with van der Waals surface area (Å²) in [4.78, 5) is 3.60. The van der Waals surface area contributed by atoms with Gasteiger partial charge in [-0.25, -0.2) is 15.3 Å². The van der Waals surface area contributed by atoms with Crippen LogP contribution in [-0.2, 0) is 4.74 Å². The van der Waals surface area contributed by atoms with Crippen molar-refractivity contribution < 1.29 is 20.0 Å². The molecule has 20 heavy (non-hydrogen) atoms. The number of anilines is 1. The number of para-hydroxylation sites is 2. The van der Waals surface area contributed by atoms with Gasteiger partial charge in [-0.15, -0.1) is 0 Å². The molecule has 2 aliphatic rings. The van der Waals surface area contributed by atoms with Gasteiger partial charge in [0.25, 0.3) is 0 Å². The Morgan fingerprint density at radius 2 is 2.00 bits per heavy atom. The lowest BCUT2D eigenvalue weighted by atomic mass is 10.2. The lowest BCUT2D eigenvalue weighted by molar-refractivity contribution is -1.00. The van der Waals surface area contributed by atoms with Crippen LogP contribution in [0.3, 0.4) is 0 Å². The number of nitrogens with one attached hydrogen (secondary N) is 2. The SMILES string of the molecule is C[NH+](C)C(N1CCOCC1)N1[N-][NH+](O)c2ccccc21. The second kappa shape index (κ2) is 5.65. The van der Waals surface area contributed by atoms with Gasteiger partial charge in [-0.05, 0) is 6.07 Å². The first kappa shape index (κ1) is 13.7. The first-order valence-electron chi connectivity index (χ1n) is 6.96. The summed E-state index contributed by atoms with van der Waals surface area (Å²) in [5, 5.41) is 12.1. The van der Waals surface area contributed by atoms with Crippen molar-refractivity contribution in [1.82, 2.24) is 4.90 Å². The second-order valence-corrected chi connectivity index (χ2v) is 5.38. The smallest absolute Gasteiger partial charge is 0.211 e. The second-order valence-electron chi connectivity index (χ2n) is 5.38. The maximum absolute atomic E-state index is 10.0. The Labute approximate surface area is 118 Å². The number of rotatable bonds is 3. The van der Waals surface area contributed by atoms with E-state index in [1.54, 1.807) is 0 Å². The van der Waals surface area contributed by atoms with Crippen molar-refractivity contribution in [2.45, 2.75) is 6.29 Å². The van der Waals surface area contributed by atoms with Gasteiger partial charge in [0.05, 0.1) is 33.0 Å². The summed E-state index contributed by atoms with van der Waals surface area (Å²) in [7, 11) is 4.21. The molecule has 3 rings (SSSR count). The fraction of sp³-hybridized carbons (Fsp3) is 0.538. The maximum atomic E-state index is 10.0. The van der Waals surface area contributed by atoms with Crippen LogP contribution in [0.1, 0.15) is 0 Å². The molecule has 1 aromatic carbocycles. The number of ether oxygens (including phenoxy) is 1. The third kappa shape index (κ3) is 2.39. The minimum absolute atomic E-state index is 0.0599. The van der Waals surface area contributed by atoms with Crippen LogP contribution in [0.15, 0.2) is 24.3 Å². The van der Waals surface area contributed by atoms with Crippen LogP contribution in [0.4, 0.5) is 11.4 Å². The third-order valence-electron chi connectivity index (χ3n) is 3.73. The van der Waals surface area contributed by atoms with Gasteiger partial charge in [0.1, 0.15) is 0 Å². The average molecular weight is 280 g/mol. The largest absolute Gasteiger partial charge is 0.379 e. The minimum atomic E-state index is 0.0599. The first-order valence-corrected chi connectivity index (χ1v) is 6.96. The molecular weight excluding hydrogens is 258 g/mol. The van der Waals surface area contributed by atoms with Gasteiger partial charge in [-0.3, -0.25) is 0 Å². The molecule has 1 aromatic rings. The molecule has 7 heteroatoms. The molecule has 1 saturated heterocycles. The van der Waals surface area contributed by atoms with Crippen LogP contribution in [0.2, 0.25) is 0 Å². The van der Waals surface area contributed by atoms with Crippen molar-refractivity contribution in [3.63, 3.8) is 0 Å². The summed E-state index contributed by atoms with van der Waals surface area (Å²) < 4.78 is 5.43. The fourth-order valence-corrected chi connectivity index (χ4v) is 2.85. The molecule has 0 aliphatic carbocycles. The van der Waals surface area contributed by atoms with Crippen molar-refractivity contribution in [3.05, 3.63) is 29.8 Å². The molecule has 0 amide bonds. The summed E-state index contributed by atoms with van der Waals surface area (Å²) in [6.45, 7) is 3.25. The third-order valence-corrected chi connectivity index (χ3v) is 3.73. The van der Waals surface area contributed by atoms with E-state index in [0.717, 1.165) is 37.7 Å². The summed E-state index contributed by atoms with van der Waals surface area (Å²) in [5.74, 6) is 0.